The average molecular weight is 261 g/mol. The van der Waals surface area contributed by atoms with E-state index in [1.807, 2.05) is 43.7 Å². The predicted molar refractivity (Wildman–Crippen MR) is 73.4 cm³/mol. The van der Waals surface area contributed by atoms with Crippen molar-refractivity contribution in [2.45, 2.75) is 6.54 Å². The van der Waals surface area contributed by atoms with Crippen LogP contribution in [0.2, 0.25) is 0 Å². The molecule has 102 valence electrons. The molecule has 0 unspecified atom stereocenters. The Morgan fingerprint density at radius 3 is 2.74 bits per heavy atom. The molecule has 19 heavy (non-hydrogen) atoms. The Morgan fingerprint density at radius 1 is 1.26 bits per heavy atom. The Bertz CT molecular complexity index is 511. The zero-order valence-corrected chi connectivity index (χ0v) is 11.3. The second-order valence-corrected chi connectivity index (χ2v) is 4.20. The van der Waals surface area contributed by atoms with Crippen molar-refractivity contribution >= 4 is 0 Å². The lowest BCUT2D eigenvalue weighted by Gasteiger charge is -2.10. The first-order valence-corrected chi connectivity index (χ1v) is 6.23. The Hall–Kier alpha value is -2.01. The molecule has 0 bridgehead atoms. The van der Waals surface area contributed by atoms with Crippen molar-refractivity contribution < 1.29 is 9.47 Å². The van der Waals surface area contributed by atoms with Crippen LogP contribution in [0.25, 0.3) is 0 Å². The number of rotatable bonds is 7. The van der Waals surface area contributed by atoms with Gasteiger partial charge in [-0.1, -0.05) is 12.1 Å². The summed E-state index contributed by atoms with van der Waals surface area (Å²) in [4.78, 5) is 0. The number of nitrogens with one attached hydrogen (secondary N) is 1. The topological polar surface area (TPSA) is 48.3 Å². The number of benzene rings is 1. The highest BCUT2D eigenvalue weighted by Gasteiger charge is 2.01. The van der Waals surface area contributed by atoms with Gasteiger partial charge in [-0.2, -0.15) is 5.10 Å². The molecule has 0 aliphatic heterocycles. The van der Waals surface area contributed by atoms with Crippen LogP contribution in [0.3, 0.4) is 0 Å². The number of nitrogens with zero attached hydrogens (tertiary/aromatic N) is 2. The molecule has 1 aromatic carbocycles. The molecule has 0 spiro atoms. The van der Waals surface area contributed by atoms with Crippen molar-refractivity contribution in [3.63, 3.8) is 0 Å². The van der Waals surface area contributed by atoms with Gasteiger partial charge in [0.1, 0.15) is 6.61 Å². The van der Waals surface area contributed by atoms with Crippen molar-refractivity contribution in [3.8, 4) is 11.5 Å². The maximum absolute atomic E-state index is 5.66. The normalized spacial score (nSPS) is 10.4. The molecular weight excluding hydrogens is 242 g/mol. The minimum absolute atomic E-state index is 0.598. The van der Waals surface area contributed by atoms with E-state index >= 15 is 0 Å². The minimum Gasteiger partial charge on any atom is -0.493 e. The van der Waals surface area contributed by atoms with Gasteiger partial charge in [-0.25, -0.2) is 0 Å². The van der Waals surface area contributed by atoms with Crippen LogP contribution >= 0.6 is 0 Å². The number of para-hydroxylation sites is 2. The van der Waals surface area contributed by atoms with Gasteiger partial charge in [0.25, 0.3) is 0 Å². The number of hydrogen-bond acceptors (Lipinski definition) is 4. The summed E-state index contributed by atoms with van der Waals surface area (Å²) in [7, 11) is 3.55. The van der Waals surface area contributed by atoms with Gasteiger partial charge < -0.3 is 14.8 Å². The van der Waals surface area contributed by atoms with Crippen LogP contribution in [-0.4, -0.2) is 30.0 Å². The second kappa shape index (κ2) is 6.80. The van der Waals surface area contributed by atoms with Crippen LogP contribution < -0.4 is 14.8 Å². The van der Waals surface area contributed by atoms with Gasteiger partial charge in [0.05, 0.1) is 13.3 Å². The lowest BCUT2D eigenvalue weighted by Crippen LogP contribution is -2.20. The number of aromatic nitrogens is 2. The molecule has 2 rings (SSSR count). The fraction of sp³-hybridized carbons (Fsp3) is 0.357. The largest absolute Gasteiger partial charge is 0.493 e. The molecular formula is C14H19N3O2. The fourth-order valence-corrected chi connectivity index (χ4v) is 1.77. The fourth-order valence-electron chi connectivity index (χ4n) is 1.77. The summed E-state index contributed by atoms with van der Waals surface area (Å²) in [6.07, 6.45) is 3.85. The van der Waals surface area contributed by atoms with Gasteiger partial charge in [-0.05, 0) is 12.1 Å². The van der Waals surface area contributed by atoms with Crippen molar-refractivity contribution in [2.75, 3.05) is 20.3 Å². The highest BCUT2D eigenvalue weighted by molar-refractivity contribution is 5.39. The second-order valence-electron chi connectivity index (χ2n) is 4.20. The number of hydrogen-bond donors (Lipinski definition) is 1. The van der Waals surface area contributed by atoms with E-state index in [0.717, 1.165) is 24.6 Å². The molecule has 0 atom stereocenters. The van der Waals surface area contributed by atoms with E-state index < -0.39 is 0 Å². The molecule has 2 aromatic rings. The van der Waals surface area contributed by atoms with Crippen molar-refractivity contribution in [1.29, 1.82) is 0 Å². The molecule has 1 heterocycles. The molecule has 0 fully saturated rings. The molecule has 0 aliphatic rings. The average Bonchev–Trinajstić information content (AvgIpc) is 2.84. The molecule has 1 aromatic heterocycles. The van der Waals surface area contributed by atoms with Gasteiger partial charge in [0.2, 0.25) is 0 Å². The first-order valence-electron chi connectivity index (χ1n) is 6.23. The van der Waals surface area contributed by atoms with E-state index in [1.165, 1.54) is 5.56 Å². The third-order valence-electron chi connectivity index (χ3n) is 2.69. The standard InChI is InChI=1S/C14H19N3O2/c1-17-11-12(10-16-17)9-15-7-8-19-14-6-4-3-5-13(14)18-2/h3-6,10-11,15H,7-9H2,1-2H3. The minimum atomic E-state index is 0.598. The van der Waals surface area contributed by atoms with Crippen LogP contribution in [0.15, 0.2) is 36.7 Å². The highest BCUT2D eigenvalue weighted by atomic mass is 16.5. The first kappa shape index (κ1) is 13.4. The van der Waals surface area contributed by atoms with E-state index in [0.29, 0.717) is 6.61 Å². The SMILES string of the molecule is COc1ccccc1OCCNCc1cnn(C)c1. The molecule has 5 heteroatoms. The summed E-state index contributed by atoms with van der Waals surface area (Å²) in [5.41, 5.74) is 1.17. The van der Waals surface area contributed by atoms with E-state index in [-0.39, 0.29) is 0 Å². The van der Waals surface area contributed by atoms with E-state index in [9.17, 15) is 0 Å². The van der Waals surface area contributed by atoms with Crippen LogP contribution in [0.1, 0.15) is 5.56 Å². The van der Waals surface area contributed by atoms with Gasteiger partial charge >= 0.3 is 0 Å². The van der Waals surface area contributed by atoms with Crippen molar-refractivity contribution in [2.24, 2.45) is 7.05 Å². The molecule has 0 saturated carbocycles. The summed E-state index contributed by atoms with van der Waals surface area (Å²) in [6, 6.07) is 7.64. The summed E-state index contributed by atoms with van der Waals surface area (Å²) in [5.74, 6) is 1.53. The van der Waals surface area contributed by atoms with E-state index in [1.54, 1.807) is 11.8 Å². The van der Waals surface area contributed by atoms with Gasteiger partial charge in [0.15, 0.2) is 11.5 Å². The molecule has 5 nitrogen and oxygen atoms in total. The lowest BCUT2D eigenvalue weighted by molar-refractivity contribution is 0.292. The van der Waals surface area contributed by atoms with Gasteiger partial charge in [0, 0.05) is 31.9 Å². The van der Waals surface area contributed by atoms with Crippen LogP contribution in [0, 0.1) is 0 Å². The third kappa shape index (κ3) is 3.99. The monoisotopic (exact) mass is 261 g/mol. The first-order chi connectivity index (χ1) is 9.29. The number of ether oxygens (including phenoxy) is 2. The predicted octanol–water partition coefficient (Wildman–Crippen LogP) is 1.60. The smallest absolute Gasteiger partial charge is 0.161 e. The van der Waals surface area contributed by atoms with E-state index in [2.05, 4.69) is 10.4 Å². The highest BCUT2D eigenvalue weighted by Crippen LogP contribution is 2.25. The summed E-state index contributed by atoms with van der Waals surface area (Å²) in [5, 5.41) is 7.42. The van der Waals surface area contributed by atoms with Crippen LogP contribution in [0.4, 0.5) is 0 Å². The summed E-state index contributed by atoms with van der Waals surface area (Å²) < 4.78 is 12.7. The molecule has 0 radical (unpaired) electrons. The number of aryl methyl sites for hydroxylation is 1. The van der Waals surface area contributed by atoms with Crippen molar-refractivity contribution in [3.05, 3.63) is 42.2 Å². The van der Waals surface area contributed by atoms with Crippen LogP contribution in [0.5, 0.6) is 11.5 Å². The Labute approximate surface area is 113 Å². The zero-order valence-electron chi connectivity index (χ0n) is 11.3. The molecule has 0 amide bonds. The lowest BCUT2D eigenvalue weighted by atomic mass is 10.3. The molecule has 0 aliphatic carbocycles. The summed E-state index contributed by atoms with van der Waals surface area (Å²) in [6.45, 7) is 2.16. The van der Waals surface area contributed by atoms with E-state index in [4.69, 9.17) is 9.47 Å². The maximum Gasteiger partial charge on any atom is 0.161 e. The Morgan fingerprint density at radius 2 is 2.05 bits per heavy atom. The maximum atomic E-state index is 5.66. The van der Waals surface area contributed by atoms with Gasteiger partial charge in [-0.15, -0.1) is 0 Å². The quantitative estimate of drug-likeness (QED) is 0.769. The van der Waals surface area contributed by atoms with Crippen molar-refractivity contribution in [1.82, 2.24) is 15.1 Å². The zero-order chi connectivity index (χ0) is 13.5. The Balaban J connectivity index is 1.69. The van der Waals surface area contributed by atoms with Gasteiger partial charge in [-0.3, -0.25) is 4.68 Å². The molecule has 1 N–H and O–H groups in total. The Kier molecular flexibility index (Phi) is 4.80. The number of methoxy groups -OCH3 is 1. The third-order valence-corrected chi connectivity index (χ3v) is 2.69. The van der Waals surface area contributed by atoms with Crippen LogP contribution in [-0.2, 0) is 13.6 Å². The summed E-state index contributed by atoms with van der Waals surface area (Å²) >= 11 is 0. The molecule has 0 saturated heterocycles.